The van der Waals surface area contributed by atoms with E-state index in [9.17, 15) is 9.59 Å². The van der Waals surface area contributed by atoms with Crippen LogP contribution in [0.1, 0.15) is 37.9 Å². The Morgan fingerprint density at radius 2 is 1.74 bits per heavy atom. The number of imide groups is 1. The fourth-order valence-electron chi connectivity index (χ4n) is 4.24. The second-order valence-electron chi connectivity index (χ2n) is 8.71. The van der Waals surface area contributed by atoms with Gasteiger partial charge in [0.05, 0.1) is 26.3 Å². The SMILES string of the molecule is C=CCc1cc(OC)c(OCC(=O)N2C(=O)N([C@H](C)c3ccccc3)C[C@@H]2C(C)C)c(OC)c1. The van der Waals surface area contributed by atoms with Crippen LogP contribution in [0.3, 0.4) is 0 Å². The van der Waals surface area contributed by atoms with Gasteiger partial charge in [-0.05, 0) is 42.5 Å². The molecule has 0 unspecified atom stereocenters. The van der Waals surface area contributed by atoms with Crippen molar-refractivity contribution in [2.45, 2.75) is 39.3 Å². The molecule has 1 heterocycles. The summed E-state index contributed by atoms with van der Waals surface area (Å²) in [5.74, 6) is 0.940. The number of methoxy groups -OCH3 is 2. The molecule has 0 saturated carbocycles. The molecule has 0 radical (unpaired) electrons. The van der Waals surface area contributed by atoms with Crippen molar-refractivity contribution in [1.82, 2.24) is 9.80 Å². The van der Waals surface area contributed by atoms with Gasteiger partial charge in [0.1, 0.15) is 0 Å². The molecular weight excluding hydrogens is 432 g/mol. The number of amides is 3. The van der Waals surface area contributed by atoms with Crippen LogP contribution in [-0.2, 0) is 11.2 Å². The Bertz CT molecular complexity index is 996. The summed E-state index contributed by atoms with van der Waals surface area (Å²) in [6, 6.07) is 12.8. The first-order chi connectivity index (χ1) is 16.3. The second-order valence-corrected chi connectivity index (χ2v) is 8.71. The molecule has 2 aromatic carbocycles. The lowest BCUT2D eigenvalue weighted by atomic mass is 10.0. The molecule has 2 atom stereocenters. The van der Waals surface area contributed by atoms with Crippen LogP contribution in [-0.4, -0.2) is 55.2 Å². The van der Waals surface area contributed by atoms with Crippen LogP contribution in [0.5, 0.6) is 17.2 Å². The molecule has 1 aliphatic heterocycles. The summed E-state index contributed by atoms with van der Waals surface area (Å²) < 4.78 is 16.8. The summed E-state index contributed by atoms with van der Waals surface area (Å²) in [7, 11) is 3.06. The van der Waals surface area contributed by atoms with Gasteiger partial charge in [0.2, 0.25) is 5.75 Å². The fraction of sp³-hybridized carbons (Fsp3) is 0.407. The zero-order chi connectivity index (χ0) is 24.8. The average molecular weight is 467 g/mol. The van der Waals surface area contributed by atoms with E-state index in [-0.39, 0.29) is 30.6 Å². The van der Waals surface area contributed by atoms with Gasteiger partial charge in [-0.3, -0.25) is 9.69 Å². The maximum atomic E-state index is 13.4. The number of allylic oxidation sites excluding steroid dienone is 1. The molecule has 1 saturated heterocycles. The molecule has 7 nitrogen and oxygen atoms in total. The summed E-state index contributed by atoms with van der Waals surface area (Å²) in [6.45, 7) is 9.93. The molecule has 3 amide bonds. The molecule has 0 spiro atoms. The van der Waals surface area contributed by atoms with Gasteiger partial charge in [-0.25, -0.2) is 4.79 Å². The smallest absolute Gasteiger partial charge is 0.327 e. The zero-order valence-corrected chi connectivity index (χ0v) is 20.6. The summed E-state index contributed by atoms with van der Waals surface area (Å²) in [5, 5.41) is 0. The van der Waals surface area contributed by atoms with Crippen molar-refractivity contribution in [3.05, 3.63) is 66.2 Å². The van der Waals surface area contributed by atoms with Crippen molar-refractivity contribution < 1.29 is 23.8 Å². The quantitative estimate of drug-likeness (QED) is 0.468. The van der Waals surface area contributed by atoms with E-state index < -0.39 is 5.91 Å². The van der Waals surface area contributed by atoms with Crippen LogP contribution in [0.25, 0.3) is 0 Å². The molecule has 0 N–H and O–H groups in total. The van der Waals surface area contributed by atoms with Crippen molar-refractivity contribution >= 4 is 11.9 Å². The van der Waals surface area contributed by atoms with E-state index in [1.807, 2.05) is 63.2 Å². The Labute approximate surface area is 201 Å². The monoisotopic (exact) mass is 466 g/mol. The minimum absolute atomic E-state index is 0.100. The number of nitrogens with zero attached hydrogens (tertiary/aromatic N) is 2. The minimum Gasteiger partial charge on any atom is -0.493 e. The first-order valence-electron chi connectivity index (χ1n) is 11.5. The van der Waals surface area contributed by atoms with Gasteiger partial charge in [-0.15, -0.1) is 6.58 Å². The highest BCUT2D eigenvalue weighted by Gasteiger charge is 2.44. The number of ether oxygens (including phenoxy) is 3. The molecule has 2 aromatic rings. The van der Waals surface area contributed by atoms with Crippen LogP contribution in [0.4, 0.5) is 4.79 Å². The van der Waals surface area contributed by atoms with Crippen LogP contribution in [0.2, 0.25) is 0 Å². The van der Waals surface area contributed by atoms with Gasteiger partial charge >= 0.3 is 6.03 Å². The maximum Gasteiger partial charge on any atom is 0.327 e. The highest BCUT2D eigenvalue weighted by molar-refractivity contribution is 5.97. The van der Waals surface area contributed by atoms with E-state index in [1.165, 1.54) is 19.1 Å². The van der Waals surface area contributed by atoms with Crippen molar-refractivity contribution in [1.29, 1.82) is 0 Å². The van der Waals surface area contributed by atoms with Crippen LogP contribution >= 0.6 is 0 Å². The molecule has 3 rings (SSSR count). The van der Waals surface area contributed by atoms with Crippen molar-refractivity contribution in [3.8, 4) is 17.2 Å². The fourth-order valence-corrected chi connectivity index (χ4v) is 4.24. The third-order valence-electron chi connectivity index (χ3n) is 6.20. The zero-order valence-electron chi connectivity index (χ0n) is 20.6. The first-order valence-corrected chi connectivity index (χ1v) is 11.5. The largest absolute Gasteiger partial charge is 0.493 e. The van der Waals surface area contributed by atoms with Crippen LogP contribution in [0, 0.1) is 5.92 Å². The number of hydrogen-bond donors (Lipinski definition) is 0. The van der Waals surface area contributed by atoms with E-state index in [1.54, 1.807) is 11.0 Å². The molecular formula is C27H34N2O5. The highest BCUT2D eigenvalue weighted by atomic mass is 16.5. The lowest BCUT2D eigenvalue weighted by Crippen LogP contribution is -2.44. The molecule has 182 valence electrons. The standard InChI is InChI=1S/C27H34N2O5/c1-7-11-20-14-23(32-5)26(24(15-20)33-6)34-17-25(30)29-22(18(2)3)16-28(27(29)31)19(4)21-12-9-8-10-13-21/h7-10,12-15,18-19,22H,1,11,16-17H2,2-6H3/t19-,22-/m1/s1. The summed E-state index contributed by atoms with van der Waals surface area (Å²) in [4.78, 5) is 29.7. The normalized spacial score (nSPS) is 16.5. The van der Waals surface area contributed by atoms with Crippen LogP contribution in [0.15, 0.2) is 55.1 Å². The average Bonchev–Trinajstić information content (AvgIpc) is 3.20. The summed E-state index contributed by atoms with van der Waals surface area (Å²) in [6.07, 6.45) is 2.42. The van der Waals surface area contributed by atoms with E-state index >= 15 is 0 Å². The van der Waals surface area contributed by atoms with Gasteiger partial charge in [-0.2, -0.15) is 0 Å². The number of rotatable bonds is 10. The third kappa shape index (κ3) is 5.19. The van der Waals surface area contributed by atoms with Gasteiger partial charge in [-0.1, -0.05) is 50.3 Å². The third-order valence-corrected chi connectivity index (χ3v) is 6.20. The first kappa shape index (κ1) is 25.1. The molecule has 0 aromatic heterocycles. The van der Waals surface area contributed by atoms with Crippen LogP contribution < -0.4 is 14.2 Å². The maximum absolute atomic E-state index is 13.4. The Morgan fingerprint density at radius 1 is 1.12 bits per heavy atom. The van der Waals surface area contributed by atoms with E-state index in [2.05, 4.69) is 6.58 Å². The van der Waals surface area contributed by atoms with E-state index in [0.717, 1.165) is 11.1 Å². The van der Waals surface area contributed by atoms with Gasteiger partial charge < -0.3 is 19.1 Å². The van der Waals surface area contributed by atoms with Gasteiger partial charge in [0.25, 0.3) is 5.91 Å². The Hall–Kier alpha value is -3.48. The predicted molar refractivity (Wildman–Crippen MR) is 131 cm³/mol. The highest BCUT2D eigenvalue weighted by Crippen LogP contribution is 2.39. The molecule has 1 fully saturated rings. The Kier molecular flexibility index (Phi) is 8.21. The minimum atomic E-state index is -0.397. The lowest BCUT2D eigenvalue weighted by molar-refractivity contribution is -0.131. The number of carbonyl (C=O) groups excluding carboxylic acids is 2. The molecule has 7 heteroatoms. The Balaban J connectivity index is 1.81. The number of hydrogen-bond acceptors (Lipinski definition) is 5. The van der Waals surface area contributed by atoms with E-state index in [0.29, 0.717) is 30.2 Å². The molecule has 0 bridgehead atoms. The summed E-state index contributed by atoms with van der Waals surface area (Å²) >= 11 is 0. The van der Waals surface area contributed by atoms with Gasteiger partial charge in [0, 0.05) is 6.54 Å². The summed E-state index contributed by atoms with van der Waals surface area (Å²) in [5.41, 5.74) is 1.97. The number of urea groups is 1. The van der Waals surface area contributed by atoms with Crippen molar-refractivity contribution in [2.75, 3.05) is 27.4 Å². The van der Waals surface area contributed by atoms with E-state index in [4.69, 9.17) is 14.2 Å². The van der Waals surface area contributed by atoms with Crippen molar-refractivity contribution in [3.63, 3.8) is 0 Å². The number of carbonyl (C=O) groups is 2. The topological polar surface area (TPSA) is 68.3 Å². The Morgan fingerprint density at radius 3 is 2.26 bits per heavy atom. The molecule has 1 aliphatic rings. The number of benzene rings is 2. The van der Waals surface area contributed by atoms with Crippen molar-refractivity contribution in [2.24, 2.45) is 5.92 Å². The second kappa shape index (κ2) is 11.1. The molecule has 34 heavy (non-hydrogen) atoms. The predicted octanol–water partition coefficient (Wildman–Crippen LogP) is 4.86. The lowest BCUT2D eigenvalue weighted by Gasteiger charge is -2.25. The molecule has 0 aliphatic carbocycles. The van der Waals surface area contributed by atoms with Gasteiger partial charge in [0.15, 0.2) is 18.1 Å².